The second-order valence-corrected chi connectivity index (χ2v) is 8.74. The van der Waals surface area contributed by atoms with Crippen LogP contribution in [0, 0.1) is 0 Å². The highest BCUT2D eigenvalue weighted by Gasteiger charge is 2.31. The normalized spacial score (nSPS) is 17.9. The zero-order chi connectivity index (χ0) is 24.6. The van der Waals surface area contributed by atoms with Crippen LogP contribution in [0.1, 0.15) is 16.7 Å². The monoisotopic (exact) mass is 472 g/mol. The van der Waals surface area contributed by atoms with Gasteiger partial charge >= 0.3 is 0 Å². The number of hydrogen-bond donors (Lipinski definition) is 2. The smallest absolute Gasteiger partial charge is 0.246 e. The van der Waals surface area contributed by atoms with E-state index in [1.807, 2.05) is 59.5 Å². The summed E-state index contributed by atoms with van der Waals surface area (Å²) in [6.07, 6.45) is 4.97. The first-order valence-corrected chi connectivity index (χ1v) is 11.8. The fraction of sp³-hybridized carbons (Fsp3) is 0.276. The van der Waals surface area contributed by atoms with E-state index in [9.17, 15) is 9.90 Å². The number of rotatable bonds is 8. The lowest BCUT2D eigenvalue weighted by molar-refractivity contribution is -0.129. The van der Waals surface area contributed by atoms with Crippen LogP contribution in [0.5, 0.6) is 17.2 Å². The summed E-state index contributed by atoms with van der Waals surface area (Å²) in [4.78, 5) is 15.3. The maximum absolute atomic E-state index is 13.4. The lowest BCUT2D eigenvalue weighted by Gasteiger charge is -2.40. The van der Waals surface area contributed by atoms with Gasteiger partial charge in [-0.25, -0.2) is 0 Å². The molecule has 6 nitrogen and oxygen atoms in total. The van der Waals surface area contributed by atoms with Gasteiger partial charge in [0.05, 0.1) is 14.2 Å². The minimum atomic E-state index is -0.0612. The average Bonchev–Trinajstić information content (AvgIpc) is 2.90. The summed E-state index contributed by atoms with van der Waals surface area (Å²) in [5.74, 6) is 0.664. The summed E-state index contributed by atoms with van der Waals surface area (Å²) < 4.78 is 10.7. The van der Waals surface area contributed by atoms with Crippen molar-refractivity contribution in [3.63, 3.8) is 0 Å². The van der Waals surface area contributed by atoms with Crippen molar-refractivity contribution in [1.29, 1.82) is 0 Å². The van der Waals surface area contributed by atoms with Crippen LogP contribution in [0.15, 0.2) is 78.9 Å². The van der Waals surface area contributed by atoms with Gasteiger partial charge in [0.2, 0.25) is 11.7 Å². The quantitative estimate of drug-likeness (QED) is 0.484. The molecule has 2 atom stereocenters. The molecule has 1 saturated heterocycles. The number of carbonyl (C=O) groups excluding carboxylic acids is 1. The number of phenols is 1. The van der Waals surface area contributed by atoms with Gasteiger partial charge in [-0.05, 0) is 47.7 Å². The molecule has 2 N–H and O–H groups in total. The Hall–Kier alpha value is -3.77. The number of benzene rings is 3. The number of methoxy groups -OCH3 is 2. The van der Waals surface area contributed by atoms with Crippen LogP contribution in [0.2, 0.25) is 0 Å². The Morgan fingerprint density at radius 3 is 2.23 bits per heavy atom. The van der Waals surface area contributed by atoms with E-state index in [0.717, 1.165) is 17.5 Å². The zero-order valence-electron chi connectivity index (χ0n) is 20.2. The summed E-state index contributed by atoms with van der Waals surface area (Å²) in [5.41, 5.74) is 3.15. The lowest BCUT2D eigenvalue weighted by Crippen LogP contribution is -2.59. The van der Waals surface area contributed by atoms with Crippen LogP contribution in [0.4, 0.5) is 0 Å². The summed E-state index contributed by atoms with van der Waals surface area (Å²) in [5, 5.41) is 13.9. The Balaban J connectivity index is 1.56. The summed E-state index contributed by atoms with van der Waals surface area (Å²) in [7, 11) is 3.03. The van der Waals surface area contributed by atoms with E-state index in [1.54, 1.807) is 18.2 Å². The second-order valence-electron chi connectivity index (χ2n) is 8.74. The predicted molar refractivity (Wildman–Crippen MR) is 138 cm³/mol. The summed E-state index contributed by atoms with van der Waals surface area (Å²) in [6, 6.07) is 23.9. The third-order valence-corrected chi connectivity index (χ3v) is 6.34. The van der Waals surface area contributed by atoms with Crippen molar-refractivity contribution >= 4 is 12.0 Å². The number of amides is 1. The van der Waals surface area contributed by atoms with Crippen LogP contribution in [-0.2, 0) is 17.6 Å². The Labute approximate surface area is 206 Å². The van der Waals surface area contributed by atoms with Gasteiger partial charge in [-0.3, -0.25) is 4.79 Å². The molecule has 182 valence electrons. The molecule has 0 unspecified atom stereocenters. The third kappa shape index (κ3) is 6.22. The van der Waals surface area contributed by atoms with E-state index in [4.69, 9.17) is 9.47 Å². The Kier molecular flexibility index (Phi) is 8.06. The highest BCUT2D eigenvalue weighted by molar-refractivity contribution is 5.92. The number of piperazine rings is 1. The van der Waals surface area contributed by atoms with Gasteiger partial charge in [0.15, 0.2) is 11.5 Å². The van der Waals surface area contributed by atoms with Gasteiger partial charge in [-0.1, -0.05) is 60.7 Å². The molecule has 6 heteroatoms. The number of aromatic hydroxyl groups is 1. The van der Waals surface area contributed by atoms with E-state index in [1.165, 1.54) is 19.8 Å². The van der Waals surface area contributed by atoms with Crippen molar-refractivity contribution in [3.8, 4) is 17.2 Å². The molecule has 0 saturated carbocycles. The maximum atomic E-state index is 13.4. The van der Waals surface area contributed by atoms with E-state index >= 15 is 0 Å². The van der Waals surface area contributed by atoms with Crippen molar-refractivity contribution in [2.45, 2.75) is 24.9 Å². The highest BCUT2D eigenvalue weighted by atomic mass is 16.5. The van der Waals surface area contributed by atoms with Crippen molar-refractivity contribution in [1.82, 2.24) is 10.2 Å². The molecule has 1 amide bonds. The molecule has 0 spiro atoms. The van der Waals surface area contributed by atoms with Gasteiger partial charge in [0.1, 0.15) is 0 Å². The highest BCUT2D eigenvalue weighted by Crippen LogP contribution is 2.37. The van der Waals surface area contributed by atoms with Crippen molar-refractivity contribution in [2.24, 2.45) is 0 Å². The molecule has 4 rings (SSSR count). The molecule has 1 aliphatic rings. The molecule has 0 bridgehead atoms. The number of nitrogens with zero attached hydrogens (tertiary/aromatic N) is 1. The minimum Gasteiger partial charge on any atom is -0.502 e. The zero-order valence-corrected chi connectivity index (χ0v) is 20.2. The molecule has 35 heavy (non-hydrogen) atoms. The number of hydrogen-bond acceptors (Lipinski definition) is 5. The molecule has 1 aliphatic heterocycles. The van der Waals surface area contributed by atoms with E-state index in [0.29, 0.717) is 31.0 Å². The number of phenolic OH excluding ortho intramolecular Hbond substituents is 1. The van der Waals surface area contributed by atoms with Crippen molar-refractivity contribution in [3.05, 3.63) is 95.6 Å². The summed E-state index contributed by atoms with van der Waals surface area (Å²) in [6.45, 7) is 1.26. The van der Waals surface area contributed by atoms with E-state index in [-0.39, 0.29) is 23.7 Å². The van der Waals surface area contributed by atoms with Gasteiger partial charge < -0.3 is 24.8 Å². The topological polar surface area (TPSA) is 71.0 Å². The average molecular weight is 473 g/mol. The maximum Gasteiger partial charge on any atom is 0.246 e. The molecular weight excluding hydrogens is 440 g/mol. The molecule has 3 aromatic carbocycles. The first kappa shape index (κ1) is 24.4. The largest absolute Gasteiger partial charge is 0.502 e. The molecule has 3 aromatic rings. The Morgan fingerprint density at radius 1 is 0.971 bits per heavy atom. The minimum absolute atomic E-state index is 0.0175. The number of ether oxygens (including phenoxy) is 2. The first-order chi connectivity index (χ1) is 17.1. The second kappa shape index (κ2) is 11.6. The van der Waals surface area contributed by atoms with Crippen LogP contribution in [0.3, 0.4) is 0 Å². The van der Waals surface area contributed by atoms with Crippen LogP contribution >= 0.6 is 0 Å². The standard InChI is InChI=1S/C29H32N2O4/c1-34-26-17-23(18-27(35-2)29(26)33)16-25-19-30-24(15-22-11-7-4-8-12-22)20-31(25)28(32)14-13-21-9-5-3-6-10-21/h3-14,17-18,24-25,30,33H,15-16,19-20H2,1-2H3/b14-13+/t24-,25-/m0/s1. The number of nitrogens with one attached hydrogen (secondary N) is 1. The third-order valence-electron chi connectivity index (χ3n) is 6.34. The van der Waals surface area contributed by atoms with Crippen LogP contribution < -0.4 is 14.8 Å². The fourth-order valence-corrected chi connectivity index (χ4v) is 4.52. The van der Waals surface area contributed by atoms with Gasteiger partial charge in [-0.15, -0.1) is 0 Å². The van der Waals surface area contributed by atoms with Gasteiger partial charge in [0.25, 0.3) is 0 Å². The number of carbonyl (C=O) groups is 1. The van der Waals surface area contributed by atoms with Gasteiger partial charge in [-0.2, -0.15) is 0 Å². The van der Waals surface area contributed by atoms with E-state index in [2.05, 4.69) is 17.4 Å². The predicted octanol–water partition coefficient (Wildman–Crippen LogP) is 4.08. The van der Waals surface area contributed by atoms with E-state index < -0.39 is 0 Å². The van der Waals surface area contributed by atoms with Crippen LogP contribution in [-0.4, -0.2) is 55.3 Å². The molecule has 0 radical (unpaired) electrons. The fourth-order valence-electron chi connectivity index (χ4n) is 4.52. The summed E-state index contributed by atoms with van der Waals surface area (Å²) >= 11 is 0. The molecule has 1 fully saturated rings. The Bertz CT molecular complexity index is 1120. The lowest BCUT2D eigenvalue weighted by atomic mass is 9.97. The molecule has 0 aromatic heterocycles. The Morgan fingerprint density at radius 2 is 1.60 bits per heavy atom. The molecule has 1 heterocycles. The first-order valence-electron chi connectivity index (χ1n) is 11.8. The van der Waals surface area contributed by atoms with Crippen LogP contribution in [0.25, 0.3) is 6.08 Å². The van der Waals surface area contributed by atoms with Gasteiger partial charge in [0, 0.05) is 31.2 Å². The SMILES string of the molecule is COc1cc(C[C@H]2CN[C@@H](Cc3ccccc3)CN2C(=O)/C=C/c2ccccc2)cc(OC)c1O. The molecular formula is C29H32N2O4. The molecule has 0 aliphatic carbocycles. The van der Waals surface area contributed by atoms with Crippen molar-refractivity contribution < 1.29 is 19.4 Å². The van der Waals surface area contributed by atoms with Crippen molar-refractivity contribution in [2.75, 3.05) is 27.3 Å².